The van der Waals surface area contributed by atoms with Crippen molar-refractivity contribution in [3.63, 3.8) is 0 Å². The minimum absolute atomic E-state index is 0.144. The van der Waals surface area contributed by atoms with Gasteiger partial charge < -0.3 is 22.6 Å². The largest absolute Gasteiger partial charge is 0.679 e. The van der Waals surface area contributed by atoms with Crippen LogP contribution in [0.15, 0.2) is 55.1 Å². The Morgan fingerprint density at radius 2 is 1.62 bits per heavy atom. The van der Waals surface area contributed by atoms with Crippen molar-refractivity contribution in [2.24, 2.45) is 0 Å². The summed E-state index contributed by atoms with van der Waals surface area (Å²) in [6.07, 6.45) is 8.88. The average molecular weight is 681 g/mol. The third kappa shape index (κ3) is 10.3. The van der Waals surface area contributed by atoms with Gasteiger partial charge in [-0.25, -0.2) is 9.13 Å². The Morgan fingerprint density at radius 3 is 2.25 bits per heavy atom. The molecular formula is C37H58N5O5Si+. The lowest BCUT2D eigenvalue weighted by molar-refractivity contribution is -0.688. The van der Waals surface area contributed by atoms with Gasteiger partial charge in [-0.2, -0.15) is 0 Å². The summed E-state index contributed by atoms with van der Waals surface area (Å²) in [6.45, 7) is 19.3. The Labute approximate surface area is 289 Å². The highest BCUT2D eigenvalue weighted by Gasteiger charge is 2.44. The SMILES string of the molecule is CCO[Si](OCC)(OCC)OCCCN(C)C(=O)[C@@H]1CCCN1Cc1cccc(C[n+]2ccn(-c3cc(C(C)C)cc(C(C)C)c3)c2)n1. The van der Waals surface area contributed by atoms with Crippen molar-refractivity contribution in [1.82, 2.24) is 19.4 Å². The van der Waals surface area contributed by atoms with Crippen molar-refractivity contribution in [3.8, 4) is 5.69 Å². The number of rotatable bonds is 19. The van der Waals surface area contributed by atoms with E-state index in [1.54, 1.807) is 0 Å². The smallest absolute Gasteiger partial charge is 0.351 e. The van der Waals surface area contributed by atoms with Gasteiger partial charge in [0.25, 0.3) is 0 Å². The molecule has 10 nitrogen and oxygen atoms in total. The van der Waals surface area contributed by atoms with Gasteiger partial charge in [-0.1, -0.05) is 39.8 Å². The molecule has 1 amide bonds. The van der Waals surface area contributed by atoms with Gasteiger partial charge in [0.2, 0.25) is 12.2 Å². The van der Waals surface area contributed by atoms with E-state index < -0.39 is 9.05 Å². The summed E-state index contributed by atoms with van der Waals surface area (Å²) < 4.78 is 27.7. The van der Waals surface area contributed by atoms with Gasteiger partial charge in [0.15, 0.2) is 0 Å². The molecule has 1 atom stereocenters. The van der Waals surface area contributed by atoms with Crippen LogP contribution >= 0.6 is 0 Å². The normalized spacial score (nSPS) is 15.6. The monoisotopic (exact) mass is 680 g/mol. The number of imidazole rings is 1. The number of likely N-dealkylation sites (N-methyl/N-ethyl adjacent to an activating group) is 1. The summed E-state index contributed by atoms with van der Waals surface area (Å²) in [5.41, 5.74) is 5.88. The minimum Gasteiger partial charge on any atom is -0.351 e. The zero-order valence-corrected chi connectivity index (χ0v) is 31.5. The second kappa shape index (κ2) is 18.2. The summed E-state index contributed by atoms with van der Waals surface area (Å²) in [7, 11) is -1.28. The van der Waals surface area contributed by atoms with Crippen LogP contribution in [-0.4, -0.2) is 86.9 Å². The van der Waals surface area contributed by atoms with Crippen LogP contribution < -0.4 is 4.57 Å². The first-order valence-corrected chi connectivity index (χ1v) is 19.4. The van der Waals surface area contributed by atoms with E-state index in [0.29, 0.717) is 64.3 Å². The Hall–Kier alpha value is -2.93. The molecule has 1 fully saturated rings. The highest BCUT2D eigenvalue weighted by Crippen LogP contribution is 2.25. The highest BCUT2D eigenvalue weighted by atomic mass is 28.4. The molecule has 0 aliphatic carbocycles. The van der Waals surface area contributed by atoms with Crippen molar-refractivity contribution in [2.45, 2.75) is 98.7 Å². The Balaban J connectivity index is 1.34. The standard InChI is InChI=1S/C37H58N5O5Si/c1-9-44-48(45-10-2,46-11-3)47-22-14-18-39(8)37(43)36-17-13-19-41(36)27-34-16-12-15-33(38-34)26-40-20-21-42(28-40)35-24-31(29(4)5)23-32(25-35)30(6)7/h12,15-16,20-21,23-25,28-30,36H,9-11,13-14,17-19,22,26-27H2,1-8H3/q+1/t36-/m0/s1. The molecule has 11 heteroatoms. The van der Waals surface area contributed by atoms with Gasteiger partial charge in [0.1, 0.15) is 24.6 Å². The molecule has 1 aliphatic heterocycles. The molecule has 0 spiro atoms. The number of amides is 1. The number of hydrogen-bond donors (Lipinski definition) is 0. The lowest BCUT2D eigenvalue weighted by Crippen LogP contribution is -2.50. The third-order valence-electron chi connectivity index (χ3n) is 8.76. The Morgan fingerprint density at radius 1 is 0.979 bits per heavy atom. The van der Waals surface area contributed by atoms with Crippen LogP contribution in [0.1, 0.15) is 102 Å². The molecule has 0 N–H and O–H groups in total. The van der Waals surface area contributed by atoms with Crippen LogP contribution in [0.3, 0.4) is 0 Å². The molecule has 1 aromatic carbocycles. The summed E-state index contributed by atoms with van der Waals surface area (Å²) in [5.74, 6) is 1.08. The average Bonchev–Trinajstić information content (AvgIpc) is 3.73. The van der Waals surface area contributed by atoms with Gasteiger partial charge in [-0.3, -0.25) is 14.7 Å². The first kappa shape index (κ1) is 37.9. The highest BCUT2D eigenvalue weighted by molar-refractivity contribution is 6.53. The molecule has 3 heterocycles. The fourth-order valence-corrected chi connectivity index (χ4v) is 8.11. The first-order chi connectivity index (χ1) is 23.1. The molecular weight excluding hydrogens is 623 g/mol. The van der Waals surface area contributed by atoms with Gasteiger partial charge >= 0.3 is 9.05 Å². The molecule has 2 aromatic heterocycles. The third-order valence-corrected chi connectivity index (χ3v) is 11.2. The van der Waals surface area contributed by atoms with Crippen LogP contribution in [0.25, 0.3) is 5.69 Å². The minimum atomic E-state index is -3.15. The summed E-state index contributed by atoms with van der Waals surface area (Å²) in [6, 6.07) is 13.0. The fourth-order valence-electron chi connectivity index (χ4n) is 6.15. The van der Waals surface area contributed by atoms with E-state index in [9.17, 15) is 4.79 Å². The molecule has 264 valence electrons. The van der Waals surface area contributed by atoms with Gasteiger partial charge in [0.05, 0.1) is 17.4 Å². The van der Waals surface area contributed by atoms with Crippen molar-refractivity contribution < 1.29 is 27.1 Å². The Kier molecular flexibility index (Phi) is 14.3. The van der Waals surface area contributed by atoms with E-state index in [1.807, 2.05) is 32.7 Å². The van der Waals surface area contributed by atoms with Gasteiger partial charge in [0, 0.05) is 46.6 Å². The number of hydrogen-bond acceptors (Lipinski definition) is 7. The lowest BCUT2D eigenvalue weighted by atomic mass is 9.95. The molecule has 3 aromatic rings. The maximum Gasteiger partial charge on any atom is 0.679 e. The predicted molar refractivity (Wildman–Crippen MR) is 190 cm³/mol. The van der Waals surface area contributed by atoms with Crippen LogP contribution in [0.5, 0.6) is 0 Å². The number of aromatic nitrogens is 3. The van der Waals surface area contributed by atoms with Crippen LogP contribution in [0.4, 0.5) is 0 Å². The topological polar surface area (TPSA) is 82.2 Å². The zero-order valence-electron chi connectivity index (χ0n) is 30.5. The number of benzene rings is 1. The quantitative estimate of drug-likeness (QED) is 0.0896. The second-order valence-corrected chi connectivity index (χ2v) is 15.3. The van der Waals surface area contributed by atoms with E-state index in [1.165, 1.54) is 16.8 Å². The van der Waals surface area contributed by atoms with E-state index in [2.05, 4.69) is 96.8 Å². The molecule has 0 radical (unpaired) electrons. The molecule has 0 bridgehead atoms. The van der Waals surface area contributed by atoms with Crippen LogP contribution in [0.2, 0.25) is 0 Å². The van der Waals surface area contributed by atoms with E-state index in [4.69, 9.17) is 22.7 Å². The second-order valence-electron chi connectivity index (χ2n) is 13.2. The summed E-state index contributed by atoms with van der Waals surface area (Å²) in [5, 5.41) is 0. The van der Waals surface area contributed by atoms with Crippen molar-refractivity contribution in [1.29, 1.82) is 0 Å². The Bertz CT molecular complexity index is 1400. The maximum atomic E-state index is 13.5. The number of likely N-dealkylation sites (tertiary alicyclic amines) is 1. The summed E-state index contributed by atoms with van der Waals surface area (Å²) >= 11 is 0. The van der Waals surface area contributed by atoms with E-state index in [0.717, 1.165) is 30.8 Å². The van der Waals surface area contributed by atoms with Crippen molar-refractivity contribution in [2.75, 3.05) is 46.6 Å². The number of carbonyl (C=O) groups excluding carboxylic acids is 1. The maximum absolute atomic E-state index is 13.5. The fraction of sp³-hybridized carbons (Fsp3) is 0.595. The molecule has 1 aliphatic rings. The van der Waals surface area contributed by atoms with E-state index in [-0.39, 0.29) is 11.9 Å². The van der Waals surface area contributed by atoms with Gasteiger partial charge in [-0.15, -0.1) is 0 Å². The molecule has 1 saturated heterocycles. The van der Waals surface area contributed by atoms with Gasteiger partial charge in [-0.05, 0) is 93.8 Å². The lowest BCUT2D eigenvalue weighted by Gasteiger charge is -2.29. The molecule has 4 rings (SSSR count). The van der Waals surface area contributed by atoms with Crippen molar-refractivity contribution >= 4 is 15.0 Å². The first-order valence-electron chi connectivity index (χ1n) is 17.8. The van der Waals surface area contributed by atoms with Crippen molar-refractivity contribution in [3.05, 3.63) is 77.6 Å². The zero-order chi connectivity index (χ0) is 34.7. The van der Waals surface area contributed by atoms with Crippen LogP contribution in [0, 0.1) is 0 Å². The number of nitrogens with zero attached hydrogens (tertiary/aromatic N) is 5. The summed E-state index contributed by atoms with van der Waals surface area (Å²) in [4.78, 5) is 22.6. The number of pyridine rings is 1. The number of carbonyl (C=O) groups is 1. The van der Waals surface area contributed by atoms with Crippen LogP contribution in [-0.2, 0) is 35.6 Å². The molecule has 0 unspecified atom stereocenters. The molecule has 48 heavy (non-hydrogen) atoms. The predicted octanol–water partition coefficient (Wildman–Crippen LogP) is 5.83. The molecule has 0 saturated carbocycles. The van der Waals surface area contributed by atoms with E-state index >= 15 is 0 Å².